The molecule has 0 unspecified atom stereocenters. The third-order valence-corrected chi connectivity index (χ3v) is 3.59. The van der Waals surface area contributed by atoms with Crippen LogP contribution in [0.2, 0.25) is 0 Å². The second-order valence-corrected chi connectivity index (χ2v) is 5.23. The maximum atomic E-state index is 12.2. The van der Waals surface area contributed by atoms with Crippen molar-refractivity contribution < 1.29 is 13.9 Å². The zero-order valence-corrected chi connectivity index (χ0v) is 13.4. The van der Waals surface area contributed by atoms with Gasteiger partial charge in [0.1, 0.15) is 5.75 Å². The summed E-state index contributed by atoms with van der Waals surface area (Å²) in [5.41, 5.74) is 2.34. The summed E-state index contributed by atoms with van der Waals surface area (Å²) in [4.78, 5) is 12.2. The Morgan fingerprint density at radius 3 is 2.58 bits per heavy atom. The first kappa shape index (κ1) is 15.7. The number of rotatable bonds is 5. The molecule has 24 heavy (non-hydrogen) atoms. The Hall–Kier alpha value is -3.15. The van der Waals surface area contributed by atoms with Gasteiger partial charge in [-0.05, 0) is 42.8 Å². The molecule has 0 spiro atoms. The molecule has 6 heteroatoms. The smallest absolute Gasteiger partial charge is 0.251 e. The third-order valence-electron chi connectivity index (χ3n) is 3.59. The van der Waals surface area contributed by atoms with Gasteiger partial charge in [0.2, 0.25) is 11.8 Å². The Bertz CT molecular complexity index is 841. The Morgan fingerprint density at radius 1 is 1.12 bits per heavy atom. The van der Waals surface area contributed by atoms with Gasteiger partial charge in [-0.15, -0.1) is 10.2 Å². The van der Waals surface area contributed by atoms with E-state index >= 15 is 0 Å². The van der Waals surface area contributed by atoms with E-state index < -0.39 is 0 Å². The predicted octanol–water partition coefficient (Wildman–Crippen LogP) is 2.98. The van der Waals surface area contributed by atoms with Gasteiger partial charge in [0, 0.05) is 11.1 Å². The van der Waals surface area contributed by atoms with E-state index in [1.165, 1.54) is 0 Å². The van der Waals surface area contributed by atoms with E-state index in [0.717, 1.165) is 16.9 Å². The van der Waals surface area contributed by atoms with Gasteiger partial charge in [-0.2, -0.15) is 0 Å². The lowest BCUT2D eigenvalue weighted by molar-refractivity contribution is 0.0946. The van der Waals surface area contributed by atoms with Crippen LogP contribution in [0.25, 0.3) is 11.5 Å². The minimum Gasteiger partial charge on any atom is -0.497 e. The first-order chi connectivity index (χ1) is 11.7. The number of amides is 1. The van der Waals surface area contributed by atoms with Crippen LogP contribution in [0.4, 0.5) is 0 Å². The van der Waals surface area contributed by atoms with E-state index in [9.17, 15) is 4.79 Å². The summed E-state index contributed by atoms with van der Waals surface area (Å²) in [5, 5.41) is 10.7. The van der Waals surface area contributed by atoms with E-state index in [1.807, 2.05) is 49.4 Å². The van der Waals surface area contributed by atoms with Gasteiger partial charge >= 0.3 is 0 Å². The van der Waals surface area contributed by atoms with Gasteiger partial charge in [-0.3, -0.25) is 4.79 Å². The highest BCUT2D eigenvalue weighted by Gasteiger charge is 2.12. The number of aryl methyl sites for hydroxylation is 1. The number of nitrogens with one attached hydrogen (secondary N) is 1. The zero-order chi connectivity index (χ0) is 16.9. The van der Waals surface area contributed by atoms with Crippen LogP contribution in [0.15, 0.2) is 52.9 Å². The van der Waals surface area contributed by atoms with Gasteiger partial charge < -0.3 is 14.5 Å². The van der Waals surface area contributed by atoms with E-state index in [2.05, 4.69) is 15.5 Å². The number of carbonyl (C=O) groups is 1. The lowest BCUT2D eigenvalue weighted by Crippen LogP contribution is -2.23. The quantitative estimate of drug-likeness (QED) is 0.781. The molecule has 1 aromatic heterocycles. The van der Waals surface area contributed by atoms with Crippen molar-refractivity contribution in [2.75, 3.05) is 7.11 Å². The topological polar surface area (TPSA) is 77.3 Å². The summed E-state index contributed by atoms with van der Waals surface area (Å²) in [6.45, 7) is 2.07. The van der Waals surface area contributed by atoms with Crippen LogP contribution in [0, 0.1) is 6.92 Å². The summed E-state index contributed by atoms with van der Waals surface area (Å²) in [6.07, 6.45) is 0. The molecule has 122 valence electrons. The van der Waals surface area contributed by atoms with Crippen molar-refractivity contribution >= 4 is 5.91 Å². The molecule has 0 aliphatic carbocycles. The highest BCUT2D eigenvalue weighted by atomic mass is 16.5. The van der Waals surface area contributed by atoms with Crippen molar-refractivity contribution in [1.29, 1.82) is 0 Å². The van der Waals surface area contributed by atoms with Gasteiger partial charge in [-0.25, -0.2) is 0 Å². The Morgan fingerprint density at radius 2 is 1.88 bits per heavy atom. The predicted molar refractivity (Wildman–Crippen MR) is 88.6 cm³/mol. The van der Waals surface area contributed by atoms with Crippen molar-refractivity contribution in [2.24, 2.45) is 0 Å². The van der Waals surface area contributed by atoms with Crippen molar-refractivity contribution in [3.63, 3.8) is 0 Å². The van der Waals surface area contributed by atoms with E-state index in [1.54, 1.807) is 13.2 Å². The fourth-order valence-corrected chi connectivity index (χ4v) is 2.25. The van der Waals surface area contributed by atoms with Crippen LogP contribution in [-0.2, 0) is 6.54 Å². The number of aromatic nitrogens is 2. The molecular formula is C18H17N3O3. The number of benzene rings is 2. The average molecular weight is 323 g/mol. The lowest BCUT2D eigenvalue weighted by atomic mass is 10.1. The van der Waals surface area contributed by atoms with E-state index in [4.69, 9.17) is 9.15 Å². The summed E-state index contributed by atoms with van der Waals surface area (Å²) in [7, 11) is 1.61. The SMILES string of the molecule is COc1ccc(-c2nnc(CNC(=O)c3ccccc3C)o2)cc1. The molecule has 0 saturated carbocycles. The number of carbonyl (C=O) groups excluding carboxylic acids is 1. The fourth-order valence-electron chi connectivity index (χ4n) is 2.25. The number of hydrogen-bond donors (Lipinski definition) is 1. The maximum absolute atomic E-state index is 12.2. The minimum atomic E-state index is -0.169. The molecule has 0 saturated heterocycles. The molecule has 1 N–H and O–H groups in total. The summed E-state index contributed by atoms with van der Waals surface area (Å²) in [6, 6.07) is 14.7. The molecule has 0 aliphatic heterocycles. The molecule has 2 aromatic carbocycles. The second kappa shape index (κ2) is 6.95. The highest BCUT2D eigenvalue weighted by Crippen LogP contribution is 2.21. The van der Waals surface area contributed by atoms with Crippen LogP contribution in [0.5, 0.6) is 5.75 Å². The van der Waals surface area contributed by atoms with E-state index in [0.29, 0.717) is 17.3 Å². The largest absolute Gasteiger partial charge is 0.497 e. The standard InChI is InChI=1S/C18H17N3O3/c1-12-5-3-4-6-15(12)17(22)19-11-16-20-21-18(24-16)13-7-9-14(23-2)10-8-13/h3-10H,11H2,1-2H3,(H,19,22). The van der Waals surface area contributed by atoms with Crippen LogP contribution in [0.1, 0.15) is 21.8 Å². The van der Waals surface area contributed by atoms with Crippen molar-refractivity contribution in [3.05, 3.63) is 65.5 Å². The average Bonchev–Trinajstić information content (AvgIpc) is 3.09. The van der Waals surface area contributed by atoms with Crippen LogP contribution in [-0.4, -0.2) is 23.2 Å². The number of nitrogens with zero attached hydrogens (tertiary/aromatic N) is 2. The number of hydrogen-bond acceptors (Lipinski definition) is 5. The number of methoxy groups -OCH3 is 1. The molecular weight excluding hydrogens is 306 g/mol. The molecule has 3 aromatic rings. The van der Waals surface area contributed by atoms with Crippen molar-refractivity contribution in [3.8, 4) is 17.2 Å². The van der Waals surface area contributed by atoms with Crippen LogP contribution in [0.3, 0.4) is 0 Å². The molecule has 0 bridgehead atoms. The minimum absolute atomic E-state index is 0.169. The normalized spacial score (nSPS) is 10.4. The monoisotopic (exact) mass is 323 g/mol. The third kappa shape index (κ3) is 3.43. The summed E-state index contributed by atoms with van der Waals surface area (Å²) in [5.74, 6) is 1.34. The number of ether oxygens (including phenoxy) is 1. The van der Waals surface area contributed by atoms with Gasteiger partial charge in [0.15, 0.2) is 0 Å². The molecule has 0 radical (unpaired) electrons. The molecule has 3 rings (SSSR count). The first-order valence-electron chi connectivity index (χ1n) is 7.48. The van der Waals surface area contributed by atoms with Crippen molar-refractivity contribution in [2.45, 2.75) is 13.5 Å². The van der Waals surface area contributed by atoms with Crippen molar-refractivity contribution in [1.82, 2.24) is 15.5 Å². The maximum Gasteiger partial charge on any atom is 0.251 e. The zero-order valence-electron chi connectivity index (χ0n) is 13.4. The molecule has 1 heterocycles. The Balaban J connectivity index is 1.66. The highest BCUT2D eigenvalue weighted by molar-refractivity contribution is 5.95. The van der Waals surface area contributed by atoms with E-state index in [-0.39, 0.29) is 12.5 Å². The lowest BCUT2D eigenvalue weighted by Gasteiger charge is -2.05. The van der Waals surface area contributed by atoms with Gasteiger partial charge in [0.05, 0.1) is 13.7 Å². The van der Waals surface area contributed by atoms with Crippen LogP contribution < -0.4 is 10.1 Å². The molecule has 1 amide bonds. The molecule has 0 fully saturated rings. The summed E-state index contributed by atoms with van der Waals surface area (Å²) >= 11 is 0. The first-order valence-corrected chi connectivity index (χ1v) is 7.48. The molecule has 6 nitrogen and oxygen atoms in total. The fraction of sp³-hybridized carbons (Fsp3) is 0.167. The Kier molecular flexibility index (Phi) is 4.56. The van der Waals surface area contributed by atoms with Crippen LogP contribution >= 0.6 is 0 Å². The molecule has 0 aliphatic rings. The summed E-state index contributed by atoms with van der Waals surface area (Å²) < 4.78 is 10.7. The Labute approximate surface area is 139 Å². The van der Waals surface area contributed by atoms with Gasteiger partial charge in [0.25, 0.3) is 5.91 Å². The molecule has 0 atom stereocenters. The van der Waals surface area contributed by atoms with Gasteiger partial charge in [-0.1, -0.05) is 18.2 Å². The second-order valence-electron chi connectivity index (χ2n) is 5.23.